The fourth-order valence-corrected chi connectivity index (χ4v) is 4.54. The first-order chi connectivity index (χ1) is 17.0. The average molecular weight is 461 g/mol. The van der Waals surface area contributed by atoms with E-state index in [1.165, 1.54) is 16.7 Å². The highest BCUT2D eigenvalue weighted by Crippen LogP contribution is 2.30. The summed E-state index contributed by atoms with van der Waals surface area (Å²) in [7, 11) is 0. The maximum atomic E-state index is 13.4. The van der Waals surface area contributed by atoms with Gasteiger partial charge in [-0.05, 0) is 96.5 Å². The Morgan fingerprint density at radius 1 is 0.943 bits per heavy atom. The number of phenolic OH excluding ortho intramolecular Hbond substituents is 1. The van der Waals surface area contributed by atoms with Gasteiger partial charge in [0, 0.05) is 29.6 Å². The summed E-state index contributed by atoms with van der Waals surface area (Å²) in [6.45, 7) is 2.09. The van der Waals surface area contributed by atoms with Gasteiger partial charge < -0.3 is 10.4 Å². The fraction of sp³-hybridized carbons (Fsp3) is 0.161. The number of pyridine rings is 1. The number of nitrogens with one attached hydrogen (secondary N) is 1. The molecule has 1 amide bonds. The molecule has 0 aliphatic heterocycles. The summed E-state index contributed by atoms with van der Waals surface area (Å²) in [4.78, 5) is 17.7. The molecule has 1 aliphatic rings. The largest absolute Gasteiger partial charge is 0.508 e. The van der Waals surface area contributed by atoms with Crippen molar-refractivity contribution >= 4 is 17.7 Å². The van der Waals surface area contributed by atoms with E-state index in [1.54, 1.807) is 24.4 Å². The number of nitrogens with zero attached hydrogens (tertiary/aromatic N) is 1. The zero-order valence-electron chi connectivity index (χ0n) is 19.8. The van der Waals surface area contributed by atoms with Gasteiger partial charge in [-0.1, -0.05) is 48.0 Å². The summed E-state index contributed by atoms with van der Waals surface area (Å²) >= 11 is 0. The highest BCUT2D eigenvalue weighted by Gasteiger charge is 2.17. The Labute approximate surface area is 206 Å². The Morgan fingerprint density at radius 2 is 1.77 bits per heavy atom. The maximum Gasteiger partial charge on any atom is 0.251 e. The van der Waals surface area contributed by atoms with Crippen molar-refractivity contribution in [3.8, 4) is 16.9 Å². The van der Waals surface area contributed by atoms with Gasteiger partial charge in [0.15, 0.2) is 0 Å². The van der Waals surface area contributed by atoms with Crippen molar-refractivity contribution in [1.82, 2.24) is 4.98 Å². The van der Waals surface area contributed by atoms with E-state index in [0.717, 1.165) is 40.8 Å². The lowest BCUT2D eigenvalue weighted by molar-refractivity contribution is -0.112. The second-order valence-corrected chi connectivity index (χ2v) is 9.10. The number of carbonyl (C=O) groups is 1. The van der Waals surface area contributed by atoms with Crippen molar-refractivity contribution in [2.24, 2.45) is 0 Å². The Kier molecular flexibility index (Phi) is 6.44. The summed E-state index contributed by atoms with van der Waals surface area (Å²) in [6.07, 6.45) is 6.89. The van der Waals surface area contributed by atoms with Gasteiger partial charge in [-0.15, -0.1) is 0 Å². The summed E-state index contributed by atoms with van der Waals surface area (Å²) in [5.41, 5.74) is 9.09. The molecule has 3 aromatic carbocycles. The van der Waals surface area contributed by atoms with Gasteiger partial charge in [-0.2, -0.15) is 0 Å². The molecule has 0 unspecified atom stereocenters. The van der Waals surface area contributed by atoms with Crippen LogP contribution in [0.25, 0.3) is 17.2 Å². The summed E-state index contributed by atoms with van der Waals surface area (Å²) < 4.78 is 0. The molecule has 0 fully saturated rings. The molecular formula is C31H28N2O2. The van der Waals surface area contributed by atoms with Crippen molar-refractivity contribution in [3.05, 3.63) is 119 Å². The van der Waals surface area contributed by atoms with Gasteiger partial charge in [-0.3, -0.25) is 9.78 Å². The smallest absolute Gasteiger partial charge is 0.251 e. The zero-order valence-corrected chi connectivity index (χ0v) is 19.8. The number of aryl methyl sites for hydroxylation is 2. The first-order valence-electron chi connectivity index (χ1n) is 12.0. The number of rotatable bonds is 5. The van der Waals surface area contributed by atoms with E-state index in [9.17, 15) is 9.90 Å². The topological polar surface area (TPSA) is 62.2 Å². The third-order valence-corrected chi connectivity index (χ3v) is 6.48. The summed E-state index contributed by atoms with van der Waals surface area (Å²) in [5.74, 6) is 0.0618. The van der Waals surface area contributed by atoms with E-state index in [-0.39, 0.29) is 11.7 Å². The normalized spacial score (nSPS) is 12.9. The van der Waals surface area contributed by atoms with Crippen molar-refractivity contribution in [2.75, 3.05) is 5.32 Å². The Morgan fingerprint density at radius 3 is 2.57 bits per heavy atom. The van der Waals surface area contributed by atoms with E-state index in [1.807, 2.05) is 24.3 Å². The zero-order chi connectivity index (χ0) is 24.2. The molecule has 0 spiro atoms. The molecule has 2 N–H and O–H groups in total. The number of fused-ring (bicyclic) bond motifs is 1. The van der Waals surface area contributed by atoms with Gasteiger partial charge in [-0.25, -0.2) is 0 Å². The highest BCUT2D eigenvalue weighted by atomic mass is 16.3. The number of benzene rings is 3. The van der Waals surface area contributed by atoms with Gasteiger partial charge in [0.25, 0.3) is 5.91 Å². The monoisotopic (exact) mass is 460 g/mol. The first kappa shape index (κ1) is 22.6. The average Bonchev–Trinajstić information content (AvgIpc) is 3.09. The van der Waals surface area contributed by atoms with Crippen LogP contribution >= 0.6 is 0 Å². The minimum Gasteiger partial charge on any atom is -0.508 e. The third kappa shape index (κ3) is 5.33. The fourth-order valence-electron chi connectivity index (χ4n) is 4.54. The minimum atomic E-state index is -0.105. The van der Waals surface area contributed by atoms with Gasteiger partial charge >= 0.3 is 0 Å². The van der Waals surface area contributed by atoms with Crippen LogP contribution in [0.4, 0.5) is 5.69 Å². The second kappa shape index (κ2) is 9.98. The van der Waals surface area contributed by atoms with Gasteiger partial charge in [0.05, 0.1) is 0 Å². The predicted molar refractivity (Wildman–Crippen MR) is 141 cm³/mol. The van der Waals surface area contributed by atoms with Crippen LogP contribution in [-0.2, 0) is 17.6 Å². The first-order valence-corrected chi connectivity index (χ1v) is 12.0. The minimum absolute atomic E-state index is 0.105. The molecule has 0 saturated carbocycles. The number of aromatic nitrogens is 1. The molecule has 4 aromatic rings. The molecular weight excluding hydrogens is 432 g/mol. The molecule has 0 atom stereocenters. The van der Waals surface area contributed by atoms with Crippen molar-refractivity contribution < 1.29 is 9.90 Å². The van der Waals surface area contributed by atoms with Crippen LogP contribution < -0.4 is 5.32 Å². The highest BCUT2D eigenvalue weighted by molar-refractivity contribution is 6.07. The van der Waals surface area contributed by atoms with Crippen LogP contribution in [0.1, 0.15) is 40.8 Å². The van der Waals surface area contributed by atoms with E-state index in [0.29, 0.717) is 18.5 Å². The molecule has 174 valence electrons. The quantitative estimate of drug-likeness (QED) is 0.325. The summed E-state index contributed by atoms with van der Waals surface area (Å²) in [5, 5.41) is 13.1. The van der Waals surface area contributed by atoms with Crippen molar-refractivity contribution in [2.45, 2.75) is 32.6 Å². The third-order valence-electron chi connectivity index (χ3n) is 6.48. The molecule has 0 bridgehead atoms. The molecule has 0 radical (unpaired) electrons. The number of anilines is 1. The molecule has 1 aromatic heterocycles. The van der Waals surface area contributed by atoms with Crippen LogP contribution in [0.2, 0.25) is 0 Å². The summed E-state index contributed by atoms with van der Waals surface area (Å²) in [6, 6.07) is 25.8. The Balaban J connectivity index is 1.42. The lowest BCUT2D eigenvalue weighted by atomic mass is 9.97. The van der Waals surface area contributed by atoms with Crippen LogP contribution in [-0.4, -0.2) is 16.0 Å². The van der Waals surface area contributed by atoms with E-state index < -0.39 is 0 Å². The molecule has 0 saturated heterocycles. The SMILES string of the molecule is Cc1ccc(-c2ccc3c(c2)C=C(C(=O)Nc2ccc(O)cc2Cc2ccccn2)CCC3)cc1. The molecule has 5 rings (SSSR count). The molecule has 4 nitrogen and oxygen atoms in total. The van der Waals surface area contributed by atoms with E-state index in [4.69, 9.17) is 0 Å². The van der Waals surface area contributed by atoms with E-state index in [2.05, 4.69) is 59.7 Å². The molecule has 4 heteroatoms. The number of aromatic hydroxyl groups is 1. The molecule has 1 aliphatic carbocycles. The predicted octanol–water partition coefficient (Wildman–Crippen LogP) is 6.71. The maximum absolute atomic E-state index is 13.4. The van der Waals surface area contributed by atoms with Crippen molar-refractivity contribution in [1.29, 1.82) is 0 Å². The lowest BCUT2D eigenvalue weighted by Crippen LogP contribution is -2.15. The van der Waals surface area contributed by atoms with Crippen LogP contribution in [0, 0.1) is 6.92 Å². The Bertz CT molecular complexity index is 1390. The number of phenols is 1. The van der Waals surface area contributed by atoms with Gasteiger partial charge in [0.2, 0.25) is 0 Å². The van der Waals surface area contributed by atoms with E-state index >= 15 is 0 Å². The van der Waals surface area contributed by atoms with Crippen LogP contribution in [0.5, 0.6) is 5.75 Å². The van der Waals surface area contributed by atoms with Crippen LogP contribution in [0.15, 0.2) is 90.6 Å². The lowest BCUT2D eigenvalue weighted by Gasteiger charge is -2.13. The van der Waals surface area contributed by atoms with Gasteiger partial charge in [0.1, 0.15) is 5.75 Å². The standard InChI is InChI=1S/C31H28N2O2/c1-21-8-10-23(11-9-21)24-13-12-22-5-4-6-25(18-26(22)17-24)31(35)33-30-15-14-29(34)20-27(30)19-28-7-2-3-16-32-28/h2-3,7-18,20,34H,4-6,19H2,1H3,(H,33,35). The second-order valence-electron chi connectivity index (χ2n) is 9.10. The molecule has 35 heavy (non-hydrogen) atoms. The number of hydrogen-bond donors (Lipinski definition) is 2. The molecule has 1 heterocycles. The number of carbonyl (C=O) groups excluding carboxylic acids is 1. The number of hydrogen-bond acceptors (Lipinski definition) is 3. The Hall–Kier alpha value is -4.18. The number of amides is 1. The van der Waals surface area contributed by atoms with Crippen LogP contribution in [0.3, 0.4) is 0 Å². The van der Waals surface area contributed by atoms with Crippen molar-refractivity contribution in [3.63, 3.8) is 0 Å².